The third-order valence-electron chi connectivity index (χ3n) is 2.54. The average molecular weight is 252 g/mol. The molecule has 3 rings (SSSR count). The number of rotatable bonds is 4. The van der Waals surface area contributed by atoms with Crippen LogP contribution in [0.2, 0.25) is 0 Å². The minimum absolute atomic E-state index is 0.351. The number of aromatic nitrogens is 4. The van der Waals surface area contributed by atoms with E-state index in [1.165, 1.54) is 0 Å². The number of benzene rings is 1. The maximum atomic E-state index is 5.59. The first-order valence-corrected chi connectivity index (χ1v) is 5.92. The molecule has 0 saturated heterocycles. The van der Waals surface area contributed by atoms with Gasteiger partial charge in [0.2, 0.25) is 0 Å². The fourth-order valence-electron chi connectivity index (χ4n) is 1.64. The second-order valence-electron chi connectivity index (χ2n) is 3.92. The molecule has 19 heavy (non-hydrogen) atoms. The zero-order valence-electron chi connectivity index (χ0n) is 10.2. The van der Waals surface area contributed by atoms with E-state index in [1.54, 1.807) is 6.20 Å². The van der Waals surface area contributed by atoms with Gasteiger partial charge in [0.15, 0.2) is 11.6 Å². The van der Waals surface area contributed by atoms with Crippen LogP contribution in [0.1, 0.15) is 5.82 Å². The summed E-state index contributed by atoms with van der Waals surface area (Å²) in [5, 5.41) is 6.97. The Bertz CT molecular complexity index is 637. The van der Waals surface area contributed by atoms with E-state index in [1.807, 2.05) is 48.5 Å². The van der Waals surface area contributed by atoms with E-state index in [0.717, 1.165) is 11.4 Å². The van der Waals surface area contributed by atoms with E-state index in [-0.39, 0.29) is 0 Å². The molecule has 0 bridgehead atoms. The van der Waals surface area contributed by atoms with Crippen molar-refractivity contribution in [1.82, 2.24) is 20.2 Å². The number of para-hydroxylation sites is 1. The van der Waals surface area contributed by atoms with Crippen molar-refractivity contribution < 1.29 is 4.74 Å². The quantitative estimate of drug-likeness (QED) is 0.774. The predicted molar refractivity (Wildman–Crippen MR) is 70.4 cm³/mol. The summed E-state index contributed by atoms with van der Waals surface area (Å²) in [7, 11) is 0. The number of hydrogen-bond donors (Lipinski definition) is 1. The molecule has 0 aliphatic carbocycles. The number of ether oxygens (including phenoxy) is 1. The van der Waals surface area contributed by atoms with Crippen molar-refractivity contribution in [2.75, 3.05) is 0 Å². The monoisotopic (exact) mass is 252 g/mol. The molecule has 5 nitrogen and oxygen atoms in total. The molecule has 1 aromatic carbocycles. The number of nitrogens with one attached hydrogen (secondary N) is 1. The number of hydrogen-bond acceptors (Lipinski definition) is 4. The molecule has 2 aromatic heterocycles. The summed E-state index contributed by atoms with van der Waals surface area (Å²) in [6.45, 7) is 0.351. The molecule has 0 spiro atoms. The minimum Gasteiger partial charge on any atom is -0.486 e. The smallest absolute Gasteiger partial charge is 0.199 e. The third kappa shape index (κ3) is 2.77. The van der Waals surface area contributed by atoms with Crippen LogP contribution < -0.4 is 4.74 Å². The molecule has 3 aromatic rings. The Morgan fingerprint density at radius 2 is 1.84 bits per heavy atom. The summed E-state index contributed by atoms with van der Waals surface area (Å²) in [6.07, 6.45) is 1.71. The first kappa shape index (κ1) is 11.4. The Morgan fingerprint density at radius 3 is 2.63 bits per heavy atom. The van der Waals surface area contributed by atoms with E-state index in [0.29, 0.717) is 18.3 Å². The van der Waals surface area contributed by atoms with Gasteiger partial charge in [-0.2, -0.15) is 5.10 Å². The number of aromatic amines is 1. The summed E-state index contributed by atoms with van der Waals surface area (Å²) in [4.78, 5) is 8.54. The van der Waals surface area contributed by atoms with Crippen LogP contribution in [-0.2, 0) is 6.61 Å². The van der Waals surface area contributed by atoms with E-state index in [2.05, 4.69) is 20.2 Å². The van der Waals surface area contributed by atoms with Gasteiger partial charge in [-0.3, -0.25) is 10.1 Å². The van der Waals surface area contributed by atoms with Gasteiger partial charge in [0.1, 0.15) is 18.1 Å². The topological polar surface area (TPSA) is 63.7 Å². The van der Waals surface area contributed by atoms with Crippen LogP contribution in [0.25, 0.3) is 11.5 Å². The molecule has 0 aliphatic heterocycles. The van der Waals surface area contributed by atoms with Gasteiger partial charge in [-0.25, -0.2) is 4.98 Å². The molecule has 0 radical (unpaired) electrons. The lowest BCUT2D eigenvalue weighted by molar-refractivity contribution is 0.296. The summed E-state index contributed by atoms with van der Waals surface area (Å²) < 4.78 is 5.59. The lowest BCUT2D eigenvalue weighted by Gasteiger charge is -2.02. The van der Waals surface area contributed by atoms with Crippen molar-refractivity contribution in [2.24, 2.45) is 0 Å². The largest absolute Gasteiger partial charge is 0.486 e. The summed E-state index contributed by atoms with van der Waals surface area (Å²) in [5.41, 5.74) is 0.740. The van der Waals surface area contributed by atoms with Gasteiger partial charge in [0.25, 0.3) is 0 Å². The standard InChI is InChI=1S/C14H12N4O/c1-2-6-11(7-3-1)19-10-13-16-14(18-17-13)12-8-4-5-9-15-12/h1-9H,10H2,(H,16,17,18). The van der Waals surface area contributed by atoms with Crippen LogP contribution in [0.4, 0.5) is 0 Å². The highest BCUT2D eigenvalue weighted by Gasteiger charge is 2.06. The van der Waals surface area contributed by atoms with Gasteiger partial charge in [-0.15, -0.1) is 0 Å². The molecule has 0 aliphatic rings. The SMILES string of the molecule is c1ccc(OCc2nc(-c3ccccn3)n[nH]2)cc1. The Balaban J connectivity index is 1.69. The first-order chi connectivity index (χ1) is 9.42. The van der Waals surface area contributed by atoms with E-state index in [9.17, 15) is 0 Å². The molecule has 0 atom stereocenters. The lowest BCUT2D eigenvalue weighted by Crippen LogP contribution is -1.97. The summed E-state index contributed by atoms with van der Waals surface area (Å²) in [6, 6.07) is 15.2. The Kier molecular flexibility index (Phi) is 3.18. The zero-order chi connectivity index (χ0) is 12.9. The molecular weight excluding hydrogens is 240 g/mol. The molecule has 0 fully saturated rings. The highest BCUT2D eigenvalue weighted by Crippen LogP contribution is 2.12. The van der Waals surface area contributed by atoms with Crippen molar-refractivity contribution in [3.8, 4) is 17.3 Å². The Labute approximate surface area is 110 Å². The predicted octanol–water partition coefficient (Wildman–Crippen LogP) is 2.45. The van der Waals surface area contributed by atoms with Gasteiger partial charge in [-0.1, -0.05) is 24.3 Å². The molecule has 0 unspecified atom stereocenters. The Hall–Kier alpha value is -2.69. The van der Waals surface area contributed by atoms with Gasteiger partial charge >= 0.3 is 0 Å². The van der Waals surface area contributed by atoms with Crippen molar-refractivity contribution in [1.29, 1.82) is 0 Å². The molecular formula is C14H12N4O. The highest BCUT2D eigenvalue weighted by molar-refractivity contribution is 5.47. The van der Waals surface area contributed by atoms with Gasteiger partial charge in [0, 0.05) is 6.20 Å². The summed E-state index contributed by atoms with van der Waals surface area (Å²) >= 11 is 0. The third-order valence-corrected chi connectivity index (χ3v) is 2.54. The van der Waals surface area contributed by atoms with Crippen LogP contribution in [-0.4, -0.2) is 20.2 Å². The van der Waals surface area contributed by atoms with Crippen molar-refractivity contribution in [3.05, 3.63) is 60.6 Å². The van der Waals surface area contributed by atoms with Crippen molar-refractivity contribution >= 4 is 0 Å². The normalized spacial score (nSPS) is 10.3. The van der Waals surface area contributed by atoms with Crippen LogP contribution >= 0.6 is 0 Å². The fourth-order valence-corrected chi connectivity index (χ4v) is 1.64. The van der Waals surface area contributed by atoms with E-state index >= 15 is 0 Å². The van der Waals surface area contributed by atoms with Crippen LogP contribution in [0, 0.1) is 0 Å². The van der Waals surface area contributed by atoms with E-state index in [4.69, 9.17) is 4.74 Å². The first-order valence-electron chi connectivity index (χ1n) is 5.92. The molecule has 0 amide bonds. The fraction of sp³-hybridized carbons (Fsp3) is 0.0714. The van der Waals surface area contributed by atoms with E-state index < -0.39 is 0 Å². The molecule has 2 heterocycles. The molecule has 5 heteroatoms. The molecule has 94 valence electrons. The number of pyridine rings is 1. The molecule has 1 N–H and O–H groups in total. The Morgan fingerprint density at radius 1 is 1.00 bits per heavy atom. The zero-order valence-corrected chi connectivity index (χ0v) is 10.2. The van der Waals surface area contributed by atoms with Crippen LogP contribution in [0.3, 0.4) is 0 Å². The van der Waals surface area contributed by atoms with Gasteiger partial charge in [0.05, 0.1) is 0 Å². The maximum absolute atomic E-state index is 5.59. The van der Waals surface area contributed by atoms with Crippen molar-refractivity contribution in [3.63, 3.8) is 0 Å². The minimum atomic E-state index is 0.351. The maximum Gasteiger partial charge on any atom is 0.199 e. The highest BCUT2D eigenvalue weighted by atomic mass is 16.5. The van der Waals surface area contributed by atoms with Crippen LogP contribution in [0.15, 0.2) is 54.7 Å². The second-order valence-corrected chi connectivity index (χ2v) is 3.92. The number of nitrogens with zero attached hydrogens (tertiary/aromatic N) is 3. The summed E-state index contributed by atoms with van der Waals surface area (Å²) in [5.74, 6) is 2.05. The van der Waals surface area contributed by atoms with Crippen LogP contribution in [0.5, 0.6) is 5.75 Å². The average Bonchev–Trinajstić information content (AvgIpc) is 2.96. The second kappa shape index (κ2) is 5.30. The van der Waals surface area contributed by atoms with Crippen molar-refractivity contribution in [2.45, 2.75) is 6.61 Å². The van der Waals surface area contributed by atoms with Gasteiger partial charge < -0.3 is 4.74 Å². The number of H-pyrrole nitrogens is 1. The lowest BCUT2D eigenvalue weighted by atomic mass is 10.3. The van der Waals surface area contributed by atoms with Gasteiger partial charge in [-0.05, 0) is 24.3 Å². The molecule has 0 saturated carbocycles.